The van der Waals surface area contributed by atoms with Gasteiger partial charge in [-0.2, -0.15) is 5.10 Å². The van der Waals surface area contributed by atoms with Crippen molar-refractivity contribution in [2.24, 2.45) is 5.92 Å². The number of nitrogens with zero attached hydrogens (tertiary/aromatic N) is 2. The van der Waals surface area contributed by atoms with E-state index in [0.29, 0.717) is 25.0 Å². The van der Waals surface area contributed by atoms with E-state index in [9.17, 15) is 4.79 Å². The van der Waals surface area contributed by atoms with Gasteiger partial charge >= 0.3 is 0 Å². The molecule has 2 fully saturated rings. The van der Waals surface area contributed by atoms with E-state index in [-0.39, 0.29) is 11.9 Å². The summed E-state index contributed by atoms with van der Waals surface area (Å²) in [5, 5.41) is 4.61. The molecular weight excluding hydrogens is 252 g/mol. The second-order valence-electron chi connectivity index (χ2n) is 6.28. The van der Waals surface area contributed by atoms with E-state index in [2.05, 4.69) is 16.7 Å². The molecule has 0 spiro atoms. The largest absolute Gasteiger partial charge is 0.370 e. The van der Waals surface area contributed by atoms with Crippen molar-refractivity contribution in [2.45, 2.75) is 64.0 Å². The van der Waals surface area contributed by atoms with Crippen LogP contribution in [0.3, 0.4) is 0 Å². The molecule has 1 aromatic rings. The molecule has 0 bridgehead atoms. The molecule has 0 amide bonds. The normalized spacial score (nSPS) is 27.9. The van der Waals surface area contributed by atoms with Gasteiger partial charge in [-0.05, 0) is 31.2 Å². The summed E-state index contributed by atoms with van der Waals surface area (Å²) in [6.45, 7) is 2.81. The minimum Gasteiger partial charge on any atom is -0.370 e. The summed E-state index contributed by atoms with van der Waals surface area (Å²) in [5.41, 5.74) is 0.892. The minimum absolute atomic E-state index is 0.184. The summed E-state index contributed by atoms with van der Waals surface area (Å²) < 4.78 is 7.61. The van der Waals surface area contributed by atoms with Gasteiger partial charge in [0.15, 0.2) is 5.78 Å². The molecule has 2 unspecified atom stereocenters. The number of Topliss-reactive ketones (excluding diaryl/α,β-unsaturated/α-hetero) is 1. The van der Waals surface area contributed by atoms with Gasteiger partial charge in [-0.1, -0.05) is 26.2 Å². The highest BCUT2D eigenvalue weighted by molar-refractivity contribution is 5.85. The van der Waals surface area contributed by atoms with Crippen LogP contribution in [0.1, 0.15) is 57.2 Å². The molecule has 1 aliphatic carbocycles. The maximum Gasteiger partial charge on any atom is 0.167 e. The number of hydrogen-bond acceptors (Lipinski definition) is 3. The molecule has 2 heterocycles. The number of aromatic nitrogens is 2. The van der Waals surface area contributed by atoms with Crippen molar-refractivity contribution in [3.63, 3.8) is 0 Å². The van der Waals surface area contributed by atoms with E-state index in [1.807, 2.05) is 12.3 Å². The van der Waals surface area contributed by atoms with Crippen LogP contribution >= 0.6 is 0 Å². The Balaban J connectivity index is 1.60. The molecule has 1 aliphatic heterocycles. The van der Waals surface area contributed by atoms with Gasteiger partial charge in [0.2, 0.25) is 0 Å². The number of carbonyl (C=O) groups is 1. The summed E-state index contributed by atoms with van der Waals surface area (Å²) in [4.78, 5) is 12.2. The predicted molar refractivity (Wildman–Crippen MR) is 76.6 cm³/mol. The quantitative estimate of drug-likeness (QED) is 0.849. The fraction of sp³-hybridized carbons (Fsp3) is 0.750. The molecule has 4 nitrogen and oxygen atoms in total. The van der Waals surface area contributed by atoms with E-state index in [0.717, 1.165) is 12.1 Å². The van der Waals surface area contributed by atoms with Crippen LogP contribution in [-0.2, 0) is 16.0 Å². The van der Waals surface area contributed by atoms with Gasteiger partial charge in [0, 0.05) is 12.8 Å². The molecule has 0 radical (unpaired) electrons. The second kappa shape index (κ2) is 6.08. The van der Waals surface area contributed by atoms with E-state index in [1.165, 1.54) is 32.1 Å². The predicted octanol–water partition coefficient (Wildman–Crippen LogP) is 2.92. The number of hydrogen-bond donors (Lipinski definition) is 0. The summed E-state index contributed by atoms with van der Waals surface area (Å²) in [7, 11) is 0. The average molecular weight is 276 g/mol. The first-order valence-electron chi connectivity index (χ1n) is 7.92. The minimum atomic E-state index is -0.213. The van der Waals surface area contributed by atoms with Crippen molar-refractivity contribution in [1.82, 2.24) is 9.78 Å². The van der Waals surface area contributed by atoms with Crippen molar-refractivity contribution in [3.05, 3.63) is 18.0 Å². The van der Waals surface area contributed by atoms with Gasteiger partial charge in [0.05, 0.1) is 18.2 Å². The zero-order valence-electron chi connectivity index (χ0n) is 12.3. The lowest BCUT2D eigenvalue weighted by Gasteiger charge is -2.21. The molecule has 0 N–H and O–H groups in total. The Hall–Kier alpha value is -1.16. The molecule has 2 atom stereocenters. The SMILES string of the molecule is CC1CCOC1C(=O)Cc1ccn(C2CCCCC2)n1. The van der Waals surface area contributed by atoms with Crippen LogP contribution in [0.2, 0.25) is 0 Å². The van der Waals surface area contributed by atoms with Crippen LogP contribution in [0.5, 0.6) is 0 Å². The van der Waals surface area contributed by atoms with Gasteiger partial charge in [-0.15, -0.1) is 0 Å². The monoisotopic (exact) mass is 276 g/mol. The zero-order valence-corrected chi connectivity index (χ0v) is 12.3. The maximum absolute atomic E-state index is 12.2. The Labute approximate surface area is 120 Å². The highest BCUT2D eigenvalue weighted by atomic mass is 16.5. The van der Waals surface area contributed by atoms with Crippen molar-refractivity contribution >= 4 is 5.78 Å². The number of rotatable bonds is 4. The zero-order chi connectivity index (χ0) is 13.9. The van der Waals surface area contributed by atoms with E-state index >= 15 is 0 Å². The van der Waals surface area contributed by atoms with E-state index in [4.69, 9.17) is 4.74 Å². The van der Waals surface area contributed by atoms with Crippen LogP contribution < -0.4 is 0 Å². The Kier molecular flexibility index (Phi) is 4.20. The molecular formula is C16H24N2O2. The highest BCUT2D eigenvalue weighted by Crippen LogP contribution is 2.27. The number of ketones is 1. The highest BCUT2D eigenvalue weighted by Gasteiger charge is 2.31. The van der Waals surface area contributed by atoms with Crippen LogP contribution in [0, 0.1) is 5.92 Å². The van der Waals surface area contributed by atoms with E-state index in [1.54, 1.807) is 0 Å². The first-order chi connectivity index (χ1) is 9.74. The third kappa shape index (κ3) is 2.95. The van der Waals surface area contributed by atoms with Gasteiger partial charge in [0.1, 0.15) is 6.10 Å². The van der Waals surface area contributed by atoms with Crippen molar-refractivity contribution in [3.8, 4) is 0 Å². The van der Waals surface area contributed by atoms with Crippen molar-refractivity contribution < 1.29 is 9.53 Å². The second-order valence-corrected chi connectivity index (χ2v) is 6.28. The molecule has 1 aromatic heterocycles. The summed E-state index contributed by atoms with van der Waals surface area (Å²) >= 11 is 0. The van der Waals surface area contributed by atoms with Gasteiger partial charge in [0.25, 0.3) is 0 Å². The Morgan fingerprint density at radius 1 is 1.35 bits per heavy atom. The third-order valence-electron chi connectivity index (χ3n) is 4.67. The number of carbonyl (C=O) groups excluding carboxylic acids is 1. The lowest BCUT2D eigenvalue weighted by molar-refractivity contribution is -0.128. The molecule has 0 aromatic carbocycles. The van der Waals surface area contributed by atoms with Crippen molar-refractivity contribution in [2.75, 3.05) is 6.61 Å². The lowest BCUT2D eigenvalue weighted by atomic mass is 9.96. The summed E-state index contributed by atoms with van der Waals surface area (Å²) in [6.07, 6.45) is 9.61. The molecule has 2 aliphatic rings. The standard InChI is InChI=1S/C16H24N2O2/c1-12-8-10-20-16(12)15(19)11-13-7-9-18(17-13)14-5-3-2-4-6-14/h7,9,12,14,16H,2-6,8,10-11H2,1H3. The Morgan fingerprint density at radius 3 is 2.85 bits per heavy atom. The molecule has 1 saturated heterocycles. The maximum atomic E-state index is 12.2. The van der Waals surface area contributed by atoms with Gasteiger partial charge in [-0.3, -0.25) is 9.48 Å². The van der Waals surface area contributed by atoms with Gasteiger partial charge in [-0.25, -0.2) is 0 Å². The smallest absolute Gasteiger partial charge is 0.167 e. The van der Waals surface area contributed by atoms with Crippen LogP contribution in [0.4, 0.5) is 0 Å². The van der Waals surface area contributed by atoms with Crippen LogP contribution in [0.25, 0.3) is 0 Å². The molecule has 20 heavy (non-hydrogen) atoms. The summed E-state index contributed by atoms with van der Waals surface area (Å²) in [6, 6.07) is 2.53. The Bertz CT molecular complexity index is 463. The average Bonchev–Trinajstić information content (AvgIpc) is 3.09. The first kappa shape index (κ1) is 13.8. The molecule has 4 heteroatoms. The Morgan fingerprint density at radius 2 is 2.15 bits per heavy atom. The van der Waals surface area contributed by atoms with Crippen molar-refractivity contribution in [1.29, 1.82) is 0 Å². The lowest BCUT2D eigenvalue weighted by Crippen LogP contribution is -2.27. The topological polar surface area (TPSA) is 44.1 Å². The molecule has 3 rings (SSSR count). The fourth-order valence-electron chi connectivity index (χ4n) is 3.41. The van der Waals surface area contributed by atoms with Gasteiger partial charge < -0.3 is 4.74 Å². The first-order valence-corrected chi connectivity index (χ1v) is 7.92. The van der Waals surface area contributed by atoms with E-state index < -0.39 is 0 Å². The molecule has 1 saturated carbocycles. The molecule has 110 valence electrons. The third-order valence-corrected chi connectivity index (χ3v) is 4.67. The van der Waals surface area contributed by atoms with Crippen LogP contribution in [0.15, 0.2) is 12.3 Å². The summed E-state index contributed by atoms with van der Waals surface area (Å²) in [5.74, 6) is 0.534. The number of ether oxygens (including phenoxy) is 1. The van der Waals surface area contributed by atoms with Crippen LogP contribution in [-0.4, -0.2) is 28.3 Å². The fourth-order valence-corrected chi connectivity index (χ4v) is 3.41.